The number of nitrogens with one attached hydrogen (secondary N) is 1. The van der Waals surface area contributed by atoms with Crippen LogP contribution >= 0.6 is 0 Å². The Morgan fingerprint density at radius 3 is 2.18 bits per heavy atom. The molecule has 0 radical (unpaired) electrons. The van der Waals surface area contributed by atoms with Crippen molar-refractivity contribution in [3.63, 3.8) is 0 Å². The molecule has 2 N–H and O–H groups in total. The molecule has 0 aromatic heterocycles. The van der Waals surface area contributed by atoms with Crippen LogP contribution in [0.4, 0.5) is 0 Å². The summed E-state index contributed by atoms with van der Waals surface area (Å²) in [6, 6.07) is 5.16. The lowest BCUT2D eigenvalue weighted by Gasteiger charge is -2.31. The highest BCUT2D eigenvalue weighted by Gasteiger charge is 2.29. The average molecular weight is 326 g/mol. The Labute approximate surface area is 129 Å². The number of benzene rings is 1. The lowest BCUT2D eigenvalue weighted by molar-refractivity contribution is -0.119. The molecule has 1 amide bonds. The van der Waals surface area contributed by atoms with E-state index in [9.17, 15) is 18.0 Å². The Kier molecular flexibility index (Phi) is 4.82. The maximum absolute atomic E-state index is 12.5. The molecule has 2 rings (SSSR count). The van der Waals surface area contributed by atoms with Crippen LogP contribution in [0.5, 0.6) is 0 Å². The number of carbonyl (C=O) groups excluding carboxylic acids is 1. The molecule has 22 heavy (non-hydrogen) atoms. The second-order valence-electron chi connectivity index (χ2n) is 5.21. The van der Waals surface area contributed by atoms with E-state index in [0.717, 1.165) is 0 Å². The van der Waals surface area contributed by atoms with Crippen LogP contribution in [0.2, 0.25) is 0 Å². The molecule has 8 heteroatoms. The lowest BCUT2D eigenvalue weighted by atomic mass is 10.1. The number of amides is 1. The van der Waals surface area contributed by atoms with Crippen LogP contribution in [-0.2, 0) is 14.8 Å². The third-order valence-corrected chi connectivity index (χ3v) is 5.51. The number of hydrogen-bond acceptors (Lipinski definition) is 4. The van der Waals surface area contributed by atoms with E-state index in [0.29, 0.717) is 25.9 Å². The monoisotopic (exact) mass is 326 g/mol. The molecule has 0 bridgehead atoms. The third-order valence-electron chi connectivity index (χ3n) is 3.60. The van der Waals surface area contributed by atoms with Gasteiger partial charge in [0.2, 0.25) is 15.9 Å². The van der Waals surface area contributed by atoms with Gasteiger partial charge in [-0.15, -0.1) is 0 Å². The van der Waals surface area contributed by atoms with Gasteiger partial charge in [0.1, 0.15) is 0 Å². The van der Waals surface area contributed by atoms with Gasteiger partial charge in [0.05, 0.1) is 10.5 Å². The fourth-order valence-corrected chi connectivity index (χ4v) is 3.92. The number of carbonyl (C=O) groups is 2. The zero-order valence-corrected chi connectivity index (χ0v) is 13.0. The zero-order valence-electron chi connectivity index (χ0n) is 12.2. The first-order valence-corrected chi connectivity index (χ1v) is 8.35. The molecule has 1 heterocycles. The van der Waals surface area contributed by atoms with Gasteiger partial charge in [0.25, 0.3) is 0 Å². The van der Waals surface area contributed by atoms with Crippen LogP contribution in [0.3, 0.4) is 0 Å². The first-order chi connectivity index (χ1) is 10.3. The van der Waals surface area contributed by atoms with Crippen LogP contribution in [0, 0.1) is 0 Å². The molecule has 0 saturated carbocycles. The van der Waals surface area contributed by atoms with E-state index in [2.05, 4.69) is 5.32 Å². The molecule has 7 nitrogen and oxygen atoms in total. The van der Waals surface area contributed by atoms with Crippen LogP contribution in [0.25, 0.3) is 0 Å². The van der Waals surface area contributed by atoms with Crippen molar-refractivity contribution in [1.29, 1.82) is 0 Å². The highest BCUT2D eigenvalue weighted by Crippen LogP contribution is 2.21. The summed E-state index contributed by atoms with van der Waals surface area (Å²) < 4.78 is 26.3. The number of carboxylic acid groups (broad SMARTS) is 1. The first kappa shape index (κ1) is 16.4. The van der Waals surface area contributed by atoms with E-state index in [4.69, 9.17) is 5.11 Å². The quantitative estimate of drug-likeness (QED) is 0.846. The van der Waals surface area contributed by atoms with Crippen molar-refractivity contribution in [2.45, 2.75) is 30.7 Å². The van der Waals surface area contributed by atoms with Gasteiger partial charge in [0.15, 0.2) is 0 Å². The number of nitrogens with zero attached hydrogens (tertiary/aromatic N) is 1. The fraction of sp³-hybridized carbons (Fsp3) is 0.429. The molecule has 0 spiro atoms. The largest absolute Gasteiger partial charge is 0.478 e. The highest BCUT2D eigenvalue weighted by atomic mass is 32.2. The lowest BCUT2D eigenvalue weighted by Crippen LogP contribution is -2.45. The summed E-state index contributed by atoms with van der Waals surface area (Å²) in [7, 11) is -3.63. The number of sulfonamides is 1. The van der Waals surface area contributed by atoms with E-state index in [-0.39, 0.29) is 22.4 Å². The Balaban J connectivity index is 2.08. The summed E-state index contributed by atoms with van der Waals surface area (Å²) in [5.41, 5.74) is 0.0447. The zero-order chi connectivity index (χ0) is 16.3. The predicted molar refractivity (Wildman–Crippen MR) is 79.0 cm³/mol. The number of carboxylic acids is 1. The van der Waals surface area contributed by atoms with Crippen molar-refractivity contribution in [3.8, 4) is 0 Å². The van der Waals surface area contributed by atoms with Crippen molar-refractivity contribution in [1.82, 2.24) is 9.62 Å². The molecule has 1 fully saturated rings. The van der Waals surface area contributed by atoms with Gasteiger partial charge in [-0.25, -0.2) is 13.2 Å². The van der Waals surface area contributed by atoms with E-state index in [1.165, 1.54) is 35.5 Å². The maximum atomic E-state index is 12.5. The highest BCUT2D eigenvalue weighted by molar-refractivity contribution is 7.89. The second kappa shape index (κ2) is 6.45. The summed E-state index contributed by atoms with van der Waals surface area (Å²) in [5.74, 6) is -1.22. The van der Waals surface area contributed by atoms with E-state index in [1.54, 1.807) is 0 Å². The van der Waals surface area contributed by atoms with Crippen LogP contribution in [-0.4, -0.2) is 48.8 Å². The van der Waals surface area contributed by atoms with Crippen molar-refractivity contribution < 1.29 is 23.1 Å². The molecular formula is C14H18N2O5S. The SMILES string of the molecule is CC(=O)NC1CCN(S(=O)(=O)c2ccc(C(=O)O)cc2)CC1. The van der Waals surface area contributed by atoms with Crippen molar-refractivity contribution >= 4 is 21.9 Å². The van der Waals surface area contributed by atoms with Crippen molar-refractivity contribution in [3.05, 3.63) is 29.8 Å². The molecule has 0 unspecified atom stereocenters. The average Bonchev–Trinajstić information content (AvgIpc) is 2.47. The van der Waals surface area contributed by atoms with Gasteiger partial charge in [-0.2, -0.15) is 4.31 Å². The normalized spacial score (nSPS) is 17.1. The van der Waals surface area contributed by atoms with Crippen LogP contribution in [0.15, 0.2) is 29.2 Å². The number of aromatic carboxylic acids is 1. The maximum Gasteiger partial charge on any atom is 0.335 e. The summed E-state index contributed by atoms with van der Waals surface area (Å²) in [6.45, 7) is 2.09. The Morgan fingerprint density at radius 2 is 1.73 bits per heavy atom. The number of piperidine rings is 1. The minimum Gasteiger partial charge on any atom is -0.478 e. The molecule has 120 valence electrons. The molecule has 1 aromatic carbocycles. The van der Waals surface area contributed by atoms with Gasteiger partial charge in [0, 0.05) is 26.1 Å². The molecule has 0 aliphatic carbocycles. The smallest absolute Gasteiger partial charge is 0.335 e. The second-order valence-corrected chi connectivity index (χ2v) is 7.15. The summed E-state index contributed by atoms with van der Waals surface area (Å²) >= 11 is 0. The Bertz CT molecular complexity index is 661. The molecule has 1 saturated heterocycles. The van der Waals surface area contributed by atoms with Gasteiger partial charge in [-0.3, -0.25) is 4.79 Å². The fourth-order valence-electron chi connectivity index (χ4n) is 2.45. The van der Waals surface area contributed by atoms with Crippen LogP contribution in [0.1, 0.15) is 30.1 Å². The minimum atomic E-state index is -3.63. The Morgan fingerprint density at radius 1 is 1.18 bits per heavy atom. The topological polar surface area (TPSA) is 104 Å². The van der Waals surface area contributed by atoms with Gasteiger partial charge in [-0.1, -0.05) is 0 Å². The first-order valence-electron chi connectivity index (χ1n) is 6.91. The summed E-state index contributed by atoms with van der Waals surface area (Å²) in [4.78, 5) is 21.9. The van der Waals surface area contributed by atoms with Gasteiger partial charge >= 0.3 is 5.97 Å². The van der Waals surface area contributed by atoms with Crippen LogP contribution < -0.4 is 5.32 Å². The molecule has 1 aliphatic heterocycles. The van der Waals surface area contributed by atoms with Crippen molar-refractivity contribution in [2.75, 3.05) is 13.1 Å². The summed E-state index contributed by atoms with van der Waals surface area (Å²) in [6.07, 6.45) is 1.12. The van der Waals surface area contributed by atoms with E-state index < -0.39 is 16.0 Å². The van der Waals surface area contributed by atoms with E-state index in [1.807, 2.05) is 0 Å². The predicted octanol–water partition coefficient (Wildman–Crippen LogP) is 0.674. The standard InChI is InChI=1S/C14H18N2O5S/c1-10(17)15-12-6-8-16(9-7-12)22(20,21)13-4-2-11(3-5-13)14(18)19/h2-5,12H,6-9H2,1H3,(H,15,17)(H,18,19). The van der Waals surface area contributed by atoms with Crippen molar-refractivity contribution in [2.24, 2.45) is 0 Å². The minimum absolute atomic E-state index is 0.00154. The van der Waals surface area contributed by atoms with E-state index >= 15 is 0 Å². The molecular weight excluding hydrogens is 308 g/mol. The molecule has 0 atom stereocenters. The van der Waals surface area contributed by atoms with Gasteiger partial charge in [-0.05, 0) is 37.1 Å². The van der Waals surface area contributed by atoms with Gasteiger partial charge < -0.3 is 10.4 Å². The third kappa shape index (κ3) is 3.63. The Hall–Kier alpha value is -1.93. The summed E-state index contributed by atoms with van der Waals surface area (Å²) in [5, 5.41) is 11.6. The number of hydrogen-bond donors (Lipinski definition) is 2. The molecule has 1 aromatic rings. The molecule has 1 aliphatic rings. The number of rotatable bonds is 4.